The molecule has 0 amide bonds. The summed E-state index contributed by atoms with van der Waals surface area (Å²) in [4.78, 5) is 1.47. The minimum atomic E-state index is 0.117. The maximum absolute atomic E-state index is 5.96. The summed E-state index contributed by atoms with van der Waals surface area (Å²) in [5.41, 5.74) is 7.33. The molecule has 0 aliphatic rings. The van der Waals surface area contributed by atoms with Gasteiger partial charge in [0.2, 0.25) is 0 Å². The molecule has 2 nitrogen and oxygen atoms in total. The van der Waals surface area contributed by atoms with Crippen LogP contribution in [0.15, 0.2) is 30.3 Å². The second-order valence-corrected chi connectivity index (χ2v) is 6.68. The maximum atomic E-state index is 5.96. The Morgan fingerprint density at radius 3 is 2.63 bits per heavy atom. The molecule has 2 rings (SSSR count). The number of hydrogen-bond acceptors (Lipinski definition) is 3. The molecule has 19 heavy (non-hydrogen) atoms. The van der Waals surface area contributed by atoms with Gasteiger partial charge in [0.1, 0.15) is 4.99 Å². The number of hydrogen-bond donors (Lipinski definition) is 2. The predicted octanol–water partition coefficient (Wildman–Crippen LogP) is 4.86. The minimum Gasteiger partial charge on any atom is -0.389 e. The van der Waals surface area contributed by atoms with Crippen molar-refractivity contribution in [1.29, 1.82) is 0 Å². The largest absolute Gasteiger partial charge is 0.389 e. The van der Waals surface area contributed by atoms with Gasteiger partial charge >= 0.3 is 0 Å². The second kappa shape index (κ2) is 6.09. The van der Waals surface area contributed by atoms with E-state index in [4.69, 9.17) is 41.2 Å². The van der Waals surface area contributed by atoms with Gasteiger partial charge in [-0.3, -0.25) is 0 Å². The van der Waals surface area contributed by atoms with Gasteiger partial charge in [0.15, 0.2) is 0 Å². The van der Waals surface area contributed by atoms with Crippen molar-refractivity contribution >= 4 is 57.4 Å². The molecule has 100 valence electrons. The molecule has 0 saturated carbocycles. The Hall–Kier alpha value is -0.810. The van der Waals surface area contributed by atoms with E-state index in [1.54, 1.807) is 23.5 Å². The molecule has 1 aromatic heterocycles. The Morgan fingerprint density at radius 2 is 2.05 bits per heavy atom. The molecule has 0 bridgehead atoms. The van der Waals surface area contributed by atoms with Crippen LogP contribution in [0.2, 0.25) is 9.36 Å². The molecule has 1 unspecified atom stereocenters. The summed E-state index contributed by atoms with van der Waals surface area (Å²) in [5.74, 6) is 0. The fraction of sp³-hybridized carbons (Fsp3) is 0.154. The molecule has 1 aromatic carbocycles. The lowest BCUT2D eigenvalue weighted by atomic mass is 10.1. The molecule has 3 N–H and O–H groups in total. The standard InChI is InChI=1S/C13H12Cl2N2S2/c1-7(11-4-5-12(15)19-11)17-10-3-2-8(14)6-9(10)13(16)18/h2-7,17H,1H3,(H2,16,18). The molecule has 0 saturated heterocycles. The first kappa shape index (κ1) is 14.6. The van der Waals surface area contributed by atoms with Crippen LogP contribution in [0.1, 0.15) is 23.4 Å². The highest BCUT2D eigenvalue weighted by molar-refractivity contribution is 7.80. The van der Waals surface area contributed by atoms with E-state index in [-0.39, 0.29) is 6.04 Å². The summed E-state index contributed by atoms with van der Waals surface area (Å²) < 4.78 is 0.773. The number of nitrogens with one attached hydrogen (secondary N) is 1. The molecule has 0 aliphatic heterocycles. The van der Waals surface area contributed by atoms with Crippen LogP contribution in [0.25, 0.3) is 0 Å². The number of thiophene rings is 1. The lowest BCUT2D eigenvalue weighted by molar-refractivity contribution is 0.907. The Labute approximate surface area is 131 Å². The Kier molecular flexibility index (Phi) is 4.68. The predicted molar refractivity (Wildman–Crippen MR) is 88.7 cm³/mol. The van der Waals surface area contributed by atoms with E-state index >= 15 is 0 Å². The van der Waals surface area contributed by atoms with Crippen LogP contribution in [0.3, 0.4) is 0 Å². The lowest BCUT2D eigenvalue weighted by Gasteiger charge is -2.17. The van der Waals surface area contributed by atoms with Gasteiger partial charge in [-0.05, 0) is 37.3 Å². The van der Waals surface area contributed by atoms with Crippen LogP contribution in [-0.2, 0) is 0 Å². The van der Waals surface area contributed by atoms with Gasteiger partial charge in [0.05, 0.1) is 10.4 Å². The van der Waals surface area contributed by atoms with Gasteiger partial charge in [-0.25, -0.2) is 0 Å². The number of rotatable bonds is 4. The molecule has 2 aromatic rings. The maximum Gasteiger partial charge on any atom is 0.106 e. The molecule has 0 aliphatic carbocycles. The molecular weight excluding hydrogens is 319 g/mol. The van der Waals surface area contributed by atoms with Crippen LogP contribution >= 0.6 is 46.8 Å². The molecular formula is C13H12Cl2N2S2. The molecule has 0 fully saturated rings. The van der Waals surface area contributed by atoms with E-state index in [0.29, 0.717) is 10.0 Å². The van der Waals surface area contributed by atoms with Crippen LogP contribution in [0.5, 0.6) is 0 Å². The van der Waals surface area contributed by atoms with Crippen LogP contribution in [-0.4, -0.2) is 4.99 Å². The van der Waals surface area contributed by atoms with Crippen molar-refractivity contribution in [2.75, 3.05) is 5.32 Å². The SMILES string of the molecule is CC(Nc1ccc(Cl)cc1C(N)=S)c1ccc(Cl)s1. The van der Waals surface area contributed by atoms with Crippen LogP contribution in [0.4, 0.5) is 5.69 Å². The Balaban J connectivity index is 2.26. The van der Waals surface area contributed by atoms with Crippen molar-refractivity contribution in [2.45, 2.75) is 13.0 Å². The molecule has 1 atom stereocenters. The monoisotopic (exact) mass is 330 g/mol. The number of benzene rings is 1. The third-order valence-corrected chi connectivity index (χ3v) is 4.51. The highest BCUT2D eigenvalue weighted by Gasteiger charge is 2.12. The average Bonchev–Trinajstić information content (AvgIpc) is 2.78. The van der Waals surface area contributed by atoms with E-state index in [1.807, 2.05) is 18.2 Å². The van der Waals surface area contributed by atoms with Crippen LogP contribution < -0.4 is 11.1 Å². The van der Waals surface area contributed by atoms with E-state index in [9.17, 15) is 0 Å². The normalized spacial score (nSPS) is 12.2. The van der Waals surface area contributed by atoms with E-state index in [0.717, 1.165) is 20.5 Å². The van der Waals surface area contributed by atoms with Gasteiger partial charge in [-0.15, -0.1) is 11.3 Å². The fourth-order valence-corrected chi connectivity index (χ4v) is 3.12. The number of halogens is 2. The Bertz CT molecular complexity index is 610. The summed E-state index contributed by atoms with van der Waals surface area (Å²) in [6.07, 6.45) is 0. The summed E-state index contributed by atoms with van der Waals surface area (Å²) in [6.45, 7) is 2.06. The van der Waals surface area contributed by atoms with Crippen LogP contribution in [0, 0.1) is 0 Å². The molecule has 6 heteroatoms. The quantitative estimate of drug-likeness (QED) is 0.786. The molecule has 0 radical (unpaired) electrons. The van der Waals surface area contributed by atoms with E-state index < -0.39 is 0 Å². The zero-order chi connectivity index (χ0) is 14.0. The highest BCUT2D eigenvalue weighted by Crippen LogP contribution is 2.30. The minimum absolute atomic E-state index is 0.117. The molecule has 0 spiro atoms. The van der Waals surface area contributed by atoms with Gasteiger partial charge in [-0.2, -0.15) is 0 Å². The topological polar surface area (TPSA) is 38.0 Å². The third kappa shape index (κ3) is 3.60. The van der Waals surface area contributed by atoms with Crippen molar-refractivity contribution in [1.82, 2.24) is 0 Å². The third-order valence-electron chi connectivity index (χ3n) is 2.64. The van der Waals surface area contributed by atoms with Crippen molar-refractivity contribution in [3.63, 3.8) is 0 Å². The van der Waals surface area contributed by atoms with Crippen molar-refractivity contribution in [3.05, 3.63) is 50.1 Å². The average molecular weight is 331 g/mol. The van der Waals surface area contributed by atoms with E-state index in [2.05, 4.69) is 12.2 Å². The first-order valence-electron chi connectivity index (χ1n) is 5.58. The summed E-state index contributed by atoms with van der Waals surface area (Å²) in [5, 5.41) is 3.99. The van der Waals surface area contributed by atoms with Crippen molar-refractivity contribution in [2.24, 2.45) is 5.73 Å². The van der Waals surface area contributed by atoms with Crippen molar-refractivity contribution < 1.29 is 0 Å². The fourth-order valence-electron chi connectivity index (χ4n) is 1.71. The zero-order valence-corrected chi connectivity index (χ0v) is 13.3. The first-order chi connectivity index (χ1) is 8.97. The first-order valence-corrected chi connectivity index (χ1v) is 7.56. The smallest absolute Gasteiger partial charge is 0.106 e. The number of thiocarbonyl (C=S) groups is 1. The zero-order valence-electron chi connectivity index (χ0n) is 10.1. The summed E-state index contributed by atoms with van der Waals surface area (Å²) in [6, 6.07) is 9.45. The van der Waals surface area contributed by atoms with Gasteiger partial charge in [0, 0.05) is 21.2 Å². The number of nitrogens with two attached hydrogens (primary N) is 1. The summed E-state index contributed by atoms with van der Waals surface area (Å²) >= 11 is 18.5. The lowest BCUT2D eigenvalue weighted by Crippen LogP contribution is -2.14. The van der Waals surface area contributed by atoms with Gasteiger partial charge in [-0.1, -0.05) is 35.4 Å². The second-order valence-electron chi connectivity index (χ2n) is 4.06. The van der Waals surface area contributed by atoms with Gasteiger partial charge in [0.25, 0.3) is 0 Å². The summed E-state index contributed by atoms with van der Waals surface area (Å²) in [7, 11) is 0. The van der Waals surface area contributed by atoms with Gasteiger partial charge < -0.3 is 11.1 Å². The highest BCUT2D eigenvalue weighted by atomic mass is 35.5. The Morgan fingerprint density at radius 1 is 1.32 bits per heavy atom. The molecule has 1 heterocycles. The van der Waals surface area contributed by atoms with E-state index in [1.165, 1.54) is 0 Å². The van der Waals surface area contributed by atoms with Crippen molar-refractivity contribution in [3.8, 4) is 0 Å². The number of anilines is 1.